The quantitative estimate of drug-likeness (QED) is 0.664. The van der Waals surface area contributed by atoms with Crippen molar-refractivity contribution >= 4 is 5.69 Å². The zero-order valence-corrected chi connectivity index (χ0v) is 12.1. The molecule has 0 radical (unpaired) electrons. The first-order valence-electron chi connectivity index (χ1n) is 7.14. The Morgan fingerprint density at radius 2 is 2.35 bits per heavy atom. The summed E-state index contributed by atoms with van der Waals surface area (Å²) < 4.78 is 5.46. The molecule has 5 heteroatoms. The standard InChI is InChI=1S/C15H22N2O3/c1-11-5-6-14(8-15(11)17(18)19)12(2)16-9-13-4-3-7-20-10-13/h5-6,8,12-13,16H,3-4,7,9-10H2,1-2H3. The van der Waals surface area contributed by atoms with E-state index < -0.39 is 0 Å². The van der Waals surface area contributed by atoms with Gasteiger partial charge in [0.1, 0.15) is 0 Å². The van der Waals surface area contributed by atoms with Crippen LogP contribution < -0.4 is 5.32 Å². The zero-order valence-electron chi connectivity index (χ0n) is 12.1. The van der Waals surface area contributed by atoms with Crippen molar-refractivity contribution in [2.24, 2.45) is 5.92 Å². The maximum absolute atomic E-state index is 11.0. The molecule has 1 aromatic carbocycles. The summed E-state index contributed by atoms with van der Waals surface area (Å²) in [7, 11) is 0. The molecule has 0 aliphatic carbocycles. The van der Waals surface area contributed by atoms with Crippen molar-refractivity contribution in [3.05, 3.63) is 39.4 Å². The number of nitrogens with one attached hydrogen (secondary N) is 1. The van der Waals surface area contributed by atoms with Crippen LogP contribution >= 0.6 is 0 Å². The van der Waals surface area contributed by atoms with Gasteiger partial charge in [0.15, 0.2) is 0 Å². The molecule has 2 rings (SSSR count). The SMILES string of the molecule is Cc1ccc(C(C)NCC2CCCOC2)cc1[N+](=O)[O-]. The highest BCUT2D eigenvalue weighted by atomic mass is 16.6. The maximum Gasteiger partial charge on any atom is 0.272 e. The number of ether oxygens (including phenoxy) is 1. The van der Waals surface area contributed by atoms with E-state index >= 15 is 0 Å². The van der Waals surface area contributed by atoms with Gasteiger partial charge in [0.2, 0.25) is 0 Å². The van der Waals surface area contributed by atoms with Crippen LogP contribution in [0.5, 0.6) is 0 Å². The molecule has 20 heavy (non-hydrogen) atoms. The Kier molecular flexibility index (Phi) is 5.09. The summed E-state index contributed by atoms with van der Waals surface area (Å²) in [4.78, 5) is 10.7. The molecule has 1 aliphatic heterocycles. The Labute approximate surface area is 119 Å². The molecule has 1 fully saturated rings. The Morgan fingerprint density at radius 1 is 1.55 bits per heavy atom. The van der Waals surface area contributed by atoms with E-state index in [1.54, 1.807) is 13.0 Å². The van der Waals surface area contributed by atoms with Crippen molar-refractivity contribution in [3.8, 4) is 0 Å². The van der Waals surface area contributed by atoms with Crippen molar-refractivity contribution < 1.29 is 9.66 Å². The second-order valence-corrected chi connectivity index (χ2v) is 5.52. The molecule has 0 amide bonds. The van der Waals surface area contributed by atoms with Gasteiger partial charge in [-0.15, -0.1) is 0 Å². The van der Waals surface area contributed by atoms with Crippen molar-refractivity contribution in [1.29, 1.82) is 0 Å². The molecule has 5 nitrogen and oxygen atoms in total. The molecule has 2 atom stereocenters. The van der Waals surface area contributed by atoms with Gasteiger partial charge in [0.25, 0.3) is 5.69 Å². The fraction of sp³-hybridized carbons (Fsp3) is 0.600. The minimum Gasteiger partial charge on any atom is -0.381 e. The molecule has 110 valence electrons. The normalized spacial score (nSPS) is 20.6. The summed E-state index contributed by atoms with van der Waals surface area (Å²) in [5.41, 5.74) is 1.85. The smallest absolute Gasteiger partial charge is 0.272 e. The van der Waals surface area contributed by atoms with Gasteiger partial charge in [-0.05, 0) is 38.2 Å². The number of hydrogen-bond donors (Lipinski definition) is 1. The van der Waals surface area contributed by atoms with E-state index in [0.717, 1.165) is 31.7 Å². The van der Waals surface area contributed by atoms with Crippen LogP contribution in [0.4, 0.5) is 5.69 Å². The molecule has 1 saturated heterocycles. The fourth-order valence-electron chi connectivity index (χ4n) is 2.52. The Hall–Kier alpha value is -1.46. The molecule has 1 aromatic rings. The minimum atomic E-state index is -0.319. The van der Waals surface area contributed by atoms with Gasteiger partial charge in [-0.1, -0.05) is 12.1 Å². The Morgan fingerprint density at radius 3 is 3.00 bits per heavy atom. The summed E-state index contributed by atoms with van der Waals surface area (Å²) in [6, 6.07) is 5.55. The summed E-state index contributed by atoms with van der Waals surface area (Å²) in [5, 5.41) is 14.4. The molecule has 0 aromatic heterocycles. The van der Waals surface area contributed by atoms with E-state index in [-0.39, 0.29) is 16.7 Å². The van der Waals surface area contributed by atoms with Gasteiger partial charge >= 0.3 is 0 Å². The van der Waals surface area contributed by atoms with E-state index in [4.69, 9.17) is 4.74 Å². The van der Waals surface area contributed by atoms with Gasteiger partial charge in [-0.25, -0.2) is 0 Å². The van der Waals surface area contributed by atoms with Crippen molar-refractivity contribution in [1.82, 2.24) is 5.32 Å². The lowest BCUT2D eigenvalue weighted by Crippen LogP contribution is -2.30. The molecular weight excluding hydrogens is 256 g/mol. The average molecular weight is 278 g/mol. The van der Waals surface area contributed by atoms with E-state index in [2.05, 4.69) is 5.32 Å². The summed E-state index contributed by atoms with van der Waals surface area (Å²) in [6.07, 6.45) is 2.31. The molecule has 0 saturated carbocycles. The lowest BCUT2D eigenvalue weighted by atomic mass is 10.0. The van der Waals surface area contributed by atoms with Gasteiger partial charge in [0, 0.05) is 30.8 Å². The second kappa shape index (κ2) is 6.81. The highest BCUT2D eigenvalue weighted by Gasteiger charge is 2.17. The molecule has 1 heterocycles. The summed E-state index contributed by atoms with van der Waals surface area (Å²) in [5.74, 6) is 0.548. The van der Waals surface area contributed by atoms with E-state index in [1.165, 1.54) is 6.42 Å². The number of benzene rings is 1. The third-order valence-electron chi connectivity index (χ3n) is 3.90. The van der Waals surface area contributed by atoms with E-state index in [9.17, 15) is 10.1 Å². The number of hydrogen-bond acceptors (Lipinski definition) is 4. The molecule has 2 unspecified atom stereocenters. The monoisotopic (exact) mass is 278 g/mol. The fourth-order valence-corrected chi connectivity index (χ4v) is 2.52. The van der Waals surface area contributed by atoms with Crippen LogP contribution in [0.25, 0.3) is 0 Å². The highest BCUT2D eigenvalue weighted by Crippen LogP contribution is 2.23. The first kappa shape index (κ1) is 14.9. The predicted octanol–water partition coefficient (Wildman–Crippen LogP) is 2.98. The Bertz CT molecular complexity index is 470. The van der Waals surface area contributed by atoms with E-state index in [1.807, 2.05) is 19.1 Å². The van der Waals surface area contributed by atoms with Gasteiger partial charge < -0.3 is 10.1 Å². The van der Waals surface area contributed by atoms with Crippen LogP contribution in [0, 0.1) is 23.0 Å². The van der Waals surface area contributed by atoms with Crippen molar-refractivity contribution in [3.63, 3.8) is 0 Å². The third kappa shape index (κ3) is 3.77. The van der Waals surface area contributed by atoms with Gasteiger partial charge in [0.05, 0.1) is 11.5 Å². The van der Waals surface area contributed by atoms with Gasteiger partial charge in [-0.2, -0.15) is 0 Å². The zero-order chi connectivity index (χ0) is 14.5. The van der Waals surface area contributed by atoms with Gasteiger partial charge in [-0.3, -0.25) is 10.1 Å². The lowest BCUT2D eigenvalue weighted by molar-refractivity contribution is -0.385. The predicted molar refractivity (Wildman–Crippen MR) is 77.8 cm³/mol. The summed E-state index contributed by atoms with van der Waals surface area (Å²) in [6.45, 7) is 6.38. The van der Waals surface area contributed by atoms with Crippen LogP contribution in [-0.4, -0.2) is 24.7 Å². The molecular formula is C15H22N2O3. The molecule has 0 bridgehead atoms. The Balaban J connectivity index is 1.96. The number of aryl methyl sites for hydroxylation is 1. The van der Waals surface area contributed by atoms with Crippen molar-refractivity contribution in [2.45, 2.75) is 32.7 Å². The average Bonchev–Trinajstić information content (AvgIpc) is 2.46. The number of rotatable bonds is 5. The maximum atomic E-state index is 11.0. The first-order valence-corrected chi connectivity index (χ1v) is 7.14. The first-order chi connectivity index (χ1) is 9.58. The van der Waals surface area contributed by atoms with Crippen molar-refractivity contribution in [2.75, 3.05) is 19.8 Å². The van der Waals surface area contributed by atoms with Crippen LogP contribution in [0.3, 0.4) is 0 Å². The topological polar surface area (TPSA) is 64.4 Å². The van der Waals surface area contributed by atoms with Crippen LogP contribution in [0.1, 0.15) is 36.9 Å². The molecule has 0 spiro atoms. The number of nitrogens with zero attached hydrogens (tertiary/aromatic N) is 1. The largest absolute Gasteiger partial charge is 0.381 e. The minimum absolute atomic E-state index is 0.108. The third-order valence-corrected chi connectivity index (χ3v) is 3.90. The molecule has 1 N–H and O–H groups in total. The van der Waals surface area contributed by atoms with Crippen LogP contribution in [0.2, 0.25) is 0 Å². The highest BCUT2D eigenvalue weighted by molar-refractivity contribution is 5.43. The second-order valence-electron chi connectivity index (χ2n) is 5.52. The molecule has 1 aliphatic rings. The van der Waals surface area contributed by atoms with Crippen LogP contribution in [0.15, 0.2) is 18.2 Å². The number of nitro benzene ring substituents is 1. The van der Waals surface area contributed by atoms with Crippen LogP contribution in [-0.2, 0) is 4.74 Å². The summed E-state index contributed by atoms with van der Waals surface area (Å²) >= 11 is 0. The lowest BCUT2D eigenvalue weighted by Gasteiger charge is -2.24. The number of nitro groups is 1. The van der Waals surface area contributed by atoms with E-state index in [0.29, 0.717) is 11.5 Å².